The Labute approximate surface area is 86.1 Å². The van der Waals surface area contributed by atoms with Crippen LogP contribution in [0.5, 0.6) is 0 Å². The molecule has 1 aromatic heterocycles. The van der Waals surface area contributed by atoms with Crippen LogP contribution in [0.1, 0.15) is 12.5 Å². The number of benzene rings is 1. The minimum absolute atomic E-state index is 0.841. The van der Waals surface area contributed by atoms with Gasteiger partial charge in [-0.3, -0.25) is 0 Å². The molecule has 2 N–H and O–H groups in total. The number of hydrogen-bond donors (Lipinski definition) is 1. The number of rotatable bonds is 1. The number of fused-ring (bicyclic) bond motifs is 1. The fourth-order valence-corrected chi connectivity index (χ4v) is 2.68. The maximum Gasteiger partial charge on any atom is 0.0868 e. The number of nitrogen functional groups attached to an aromatic ring is 1. The van der Waals surface area contributed by atoms with E-state index in [2.05, 4.69) is 6.92 Å². The lowest BCUT2D eigenvalue weighted by atomic mass is 10.1. The topological polar surface area (TPSA) is 26.0 Å². The van der Waals surface area contributed by atoms with Gasteiger partial charge in [0.2, 0.25) is 0 Å². The normalized spacial score (nSPS) is 10.9. The Morgan fingerprint density at radius 1 is 1.46 bits per heavy atom. The van der Waals surface area contributed by atoms with E-state index in [4.69, 9.17) is 17.3 Å². The summed E-state index contributed by atoms with van der Waals surface area (Å²) >= 11 is 7.69. The highest BCUT2D eigenvalue weighted by Gasteiger charge is 2.06. The predicted octanol–water partition coefficient (Wildman–Crippen LogP) is 3.70. The zero-order valence-corrected chi connectivity index (χ0v) is 8.88. The van der Waals surface area contributed by atoms with Crippen molar-refractivity contribution in [2.45, 2.75) is 13.3 Å². The summed E-state index contributed by atoms with van der Waals surface area (Å²) in [4.78, 5) is 0. The van der Waals surface area contributed by atoms with Gasteiger partial charge in [0.15, 0.2) is 0 Å². The minimum Gasteiger partial charge on any atom is -0.391 e. The largest absolute Gasteiger partial charge is 0.391 e. The smallest absolute Gasteiger partial charge is 0.0868 e. The lowest BCUT2D eigenvalue weighted by Gasteiger charge is -2.01. The van der Waals surface area contributed by atoms with Gasteiger partial charge in [0.05, 0.1) is 5.00 Å². The molecule has 0 aliphatic heterocycles. The Bertz CT molecular complexity index is 447. The van der Waals surface area contributed by atoms with E-state index in [0.29, 0.717) is 0 Å². The molecule has 2 rings (SSSR count). The first-order valence-corrected chi connectivity index (χ1v) is 5.38. The fraction of sp³-hybridized carbons (Fsp3) is 0.200. The second-order valence-corrected chi connectivity index (χ2v) is 4.46. The van der Waals surface area contributed by atoms with Crippen LogP contribution >= 0.6 is 22.9 Å². The molecule has 13 heavy (non-hydrogen) atoms. The highest BCUT2D eigenvalue weighted by molar-refractivity contribution is 7.22. The second kappa shape index (κ2) is 3.20. The van der Waals surface area contributed by atoms with Crippen LogP contribution in [0.25, 0.3) is 10.1 Å². The third-order valence-electron chi connectivity index (χ3n) is 2.13. The van der Waals surface area contributed by atoms with Gasteiger partial charge in [0, 0.05) is 9.72 Å². The van der Waals surface area contributed by atoms with Crippen LogP contribution in [0, 0.1) is 0 Å². The standard InChI is InChI=1S/C10H10ClNS/c1-2-6-7-5-10(12)13-9(7)4-3-8(6)11/h3-5H,2,12H2,1H3. The van der Waals surface area contributed by atoms with Crippen molar-refractivity contribution in [2.75, 3.05) is 5.73 Å². The minimum atomic E-state index is 0.841. The summed E-state index contributed by atoms with van der Waals surface area (Å²) in [7, 11) is 0. The molecule has 1 aromatic carbocycles. The molecule has 3 heteroatoms. The van der Waals surface area contributed by atoms with E-state index >= 15 is 0 Å². The van der Waals surface area contributed by atoms with Crippen molar-refractivity contribution in [3.05, 3.63) is 28.8 Å². The summed E-state index contributed by atoms with van der Waals surface area (Å²) in [6.45, 7) is 2.11. The maximum absolute atomic E-state index is 6.08. The van der Waals surface area contributed by atoms with Crippen molar-refractivity contribution in [1.82, 2.24) is 0 Å². The fourth-order valence-electron chi connectivity index (χ4n) is 1.52. The predicted molar refractivity (Wildman–Crippen MR) is 60.6 cm³/mol. The highest BCUT2D eigenvalue weighted by Crippen LogP contribution is 2.33. The van der Waals surface area contributed by atoms with Crippen molar-refractivity contribution >= 4 is 38.0 Å². The third-order valence-corrected chi connectivity index (χ3v) is 3.41. The Balaban J connectivity index is 2.82. The van der Waals surface area contributed by atoms with Crippen molar-refractivity contribution in [3.8, 4) is 0 Å². The molecule has 2 aromatic rings. The number of thiophene rings is 1. The lowest BCUT2D eigenvalue weighted by molar-refractivity contribution is 1.16. The molecule has 0 atom stereocenters. The first kappa shape index (κ1) is 8.85. The molecular weight excluding hydrogens is 202 g/mol. The number of aryl methyl sites for hydroxylation is 1. The first-order chi connectivity index (χ1) is 6.22. The number of anilines is 1. The van der Waals surface area contributed by atoms with Crippen molar-refractivity contribution in [2.24, 2.45) is 0 Å². The summed E-state index contributed by atoms with van der Waals surface area (Å²) < 4.78 is 1.22. The van der Waals surface area contributed by atoms with Crippen LogP contribution in [-0.2, 0) is 6.42 Å². The van der Waals surface area contributed by atoms with Crippen molar-refractivity contribution in [3.63, 3.8) is 0 Å². The van der Waals surface area contributed by atoms with Gasteiger partial charge >= 0.3 is 0 Å². The first-order valence-electron chi connectivity index (χ1n) is 4.18. The van der Waals surface area contributed by atoms with E-state index in [0.717, 1.165) is 16.4 Å². The number of hydrogen-bond acceptors (Lipinski definition) is 2. The second-order valence-electron chi connectivity index (χ2n) is 2.94. The number of halogens is 1. The van der Waals surface area contributed by atoms with Gasteiger partial charge in [-0.15, -0.1) is 11.3 Å². The zero-order valence-electron chi connectivity index (χ0n) is 7.30. The highest BCUT2D eigenvalue weighted by atomic mass is 35.5. The summed E-state index contributed by atoms with van der Waals surface area (Å²) in [6, 6.07) is 5.97. The van der Waals surface area contributed by atoms with Gasteiger partial charge in [-0.2, -0.15) is 0 Å². The third kappa shape index (κ3) is 1.40. The summed E-state index contributed by atoms with van der Waals surface area (Å²) in [5, 5.41) is 2.90. The molecule has 0 aliphatic rings. The molecule has 0 amide bonds. The molecule has 0 aliphatic carbocycles. The van der Waals surface area contributed by atoms with Crippen LogP contribution in [0.3, 0.4) is 0 Å². The Morgan fingerprint density at radius 2 is 2.23 bits per heavy atom. The van der Waals surface area contributed by atoms with Crippen LogP contribution in [0.2, 0.25) is 5.02 Å². The quantitative estimate of drug-likeness (QED) is 0.765. The molecular formula is C10H10ClNS. The summed E-state index contributed by atoms with van der Waals surface area (Å²) in [5.74, 6) is 0. The SMILES string of the molecule is CCc1c(Cl)ccc2sc(N)cc12. The van der Waals surface area contributed by atoms with Crippen LogP contribution < -0.4 is 5.73 Å². The molecule has 68 valence electrons. The van der Waals surface area contributed by atoms with Gasteiger partial charge < -0.3 is 5.73 Å². The van der Waals surface area contributed by atoms with Crippen LogP contribution in [0.15, 0.2) is 18.2 Å². The van der Waals surface area contributed by atoms with E-state index in [9.17, 15) is 0 Å². The van der Waals surface area contributed by atoms with Crippen molar-refractivity contribution in [1.29, 1.82) is 0 Å². The molecule has 0 radical (unpaired) electrons. The average molecular weight is 212 g/mol. The van der Waals surface area contributed by atoms with Crippen molar-refractivity contribution < 1.29 is 0 Å². The van der Waals surface area contributed by atoms with Crippen LogP contribution in [0.4, 0.5) is 5.00 Å². The number of nitrogens with two attached hydrogens (primary N) is 1. The van der Waals surface area contributed by atoms with Gasteiger partial charge in [-0.25, -0.2) is 0 Å². The van der Waals surface area contributed by atoms with Crippen LogP contribution in [-0.4, -0.2) is 0 Å². The zero-order chi connectivity index (χ0) is 9.42. The van der Waals surface area contributed by atoms with E-state index < -0.39 is 0 Å². The van der Waals surface area contributed by atoms with Gasteiger partial charge in [-0.1, -0.05) is 18.5 Å². The van der Waals surface area contributed by atoms with E-state index in [1.54, 1.807) is 11.3 Å². The molecule has 0 saturated heterocycles. The molecule has 0 saturated carbocycles. The average Bonchev–Trinajstić information content (AvgIpc) is 2.45. The Kier molecular flexibility index (Phi) is 2.18. The summed E-state index contributed by atoms with van der Waals surface area (Å²) in [5.41, 5.74) is 6.94. The van der Waals surface area contributed by atoms with E-state index in [1.165, 1.54) is 15.6 Å². The van der Waals surface area contributed by atoms with Gasteiger partial charge in [0.1, 0.15) is 0 Å². The molecule has 0 unspecified atom stereocenters. The molecule has 0 fully saturated rings. The maximum atomic E-state index is 6.08. The monoisotopic (exact) mass is 211 g/mol. The lowest BCUT2D eigenvalue weighted by Crippen LogP contribution is -1.82. The Hall–Kier alpha value is -0.730. The summed E-state index contributed by atoms with van der Waals surface area (Å²) in [6.07, 6.45) is 0.951. The van der Waals surface area contributed by atoms with Gasteiger partial charge in [-0.05, 0) is 35.6 Å². The van der Waals surface area contributed by atoms with E-state index in [1.807, 2.05) is 18.2 Å². The Morgan fingerprint density at radius 3 is 2.92 bits per heavy atom. The molecule has 0 spiro atoms. The van der Waals surface area contributed by atoms with E-state index in [-0.39, 0.29) is 0 Å². The molecule has 0 bridgehead atoms. The molecule has 1 nitrogen and oxygen atoms in total. The van der Waals surface area contributed by atoms with Gasteiger partial charge in [0.25, 0.3) is 0 Å². The molecule has 1 heterocycles.